The van der Waals surface area contributed by atoms with Crippen LogP contribution in [0.5, 0.6) is 11.5 Å². The van der Waals surface area contributed by atoms with E-state index in [1.165, 1.54) is 0 Å². The van der Waals surface area contributed by atoms with Crippen molar-refractivity contribution in [3.8, 4) is 33.9 Å². The lowest BCUT2D eigenvalue weighted by molar-refractivity contribution is -0.143. The van der Waals surface area contributed by atoms with Crippen LogP contribution in [-0.4, -0.2) is 68.1 Å². The summed E-state index contributed by atoms with van der Waals surface area (Å²) in [6.07, 6.45) is 1.05. The monoisotopic (exact) mass is 560 g/mol. The minimum atomic E-state index is -0.174. The van der Waals surface area contributed by atoms with Gasteiger partial charge in [0.25, 0.3) is 0 Å². The first-order valence-corrected chi connectivity index (χ1v) is 14.1. The van der Waals surface area contributed by atoms with Crippen LogP contribution in [0.4, 0.5) is 11.4 Å². The average Bonchev–Trinajstić information content (AvgIpc) is 2.97. The summed E-state index contributed by atoms with van der Waals surface area (Å²) in [5.74, 6) is 2.07. The zero-order chi connectivity index (χ0) is 29.7. The van der Waals surface area contributed by atoms with E-state index in [9.17, 15) is 4.79 Å². The molecule has 0 saturated heterocycles. The van der Waals surface area contributed by atoms with Crippen molar-refractivity contribution in [3.05, 3.63) is 53.9 Å². The highest BCUT2D eigenvalue weighted by molar-refractivity contribution is 6.04. The third-order valence-electron chi connectivity index (χ3n) is 7.33. The molecular weight excluding hydrogens is 518 g/mol. The second-order valence-electron chi connectivity index (χ2n) is 10.3. The van der Waals surface area contributed by atoms with Crippen molar-refractivity contribution in [2.75, 3.05) is 71.9 Å². The van der Waals surface area contributed by atoms with E-state index < -0.39 is 0 Å². The summed E-state index contributed by atoms with van der Waals surface area (Å²) < 4.78 is 25.7. The Kier molecular flexibility index (Phi) is 9.42. The molecule has 41 heavy (non-hydrogen) atoms. The number of fused-ring (bicyclic) bond motifs is 2. The molecule has 4 rings (SSSR count). The first kappa shape index (κ1) is 29.8. The molecule has 0 unspecified atom stereocenters. The molecule has 8 heteroatoms. The van der Waals surface area contributed by atoms with E-state index in [2.05, 4.69) is 63.8 Å². The lowest BCUT2D eigenvalue weighted by atomic mass is 9.92. The molecule has 1 aliphatic carbocycles. The van der Waals surface area contributed by atoms with E-state index in [0.717, 1.165) is 68.2 Å². The molecule has 2 aromatic carbocycles. The first-order valence-electron chi connectivity index (χ1n) is 14.1. The molecular formula is C33H42N3O5+. The largest absolute Gasteiger partial charge is 0.496 e. The van der Waals surface area contributed by atoms with Crippen LogP contribution in [0.25, 0.3) is 33.4 Å². The second kappa shape index (κ2) is 13.0. The molecule has 0 aromatic heterocycles. The second-order valence-corrected chi connectivity index (χ2v) is 10.3. The van der Waals surface area contributed by atoms with E-state index in [0.29, 0.717) is 26.0 Å². The van der Waals surface area contributed by atoms with Crippen LogP contribution < -0.4 is 29.2 Å². The van der Waals surface area contributed by atoms with Gasteiger partial charge in [0.1, 0.15) is 36.9 Å². The van der Waals surface area contributed by atoms with Gasteiger partial charge in [-0.3, -0.25) is 4.79 Å². The number of carbonyl (C=O) groups is 1. The van der Waals surface area contributed by atoms with Crippen molar-refractivity contribution in [2.45, 2.75) is 26.7 Å². The van der Waals surface area contributed by atoms with Crippen LogP contribution in [0.15, 0.2) is 52.9 Å². The van der Waals surface area contributed by atoms with Gasteiger partial charge in [0.05, 0.1) is 32.6 Å². The maximum Gasteiger partial charge on any atom is 0.305 e. The average molecular weight is 561 g/mol. The number of carbonyl (C=O) groups excluding carboxylic acids is 1. The maximum absolute atomic E-state index is 11.9. The summed E-state index contributed by atoms with van der Waals surface area (Å²) in [6.45, 7) is 5.74. The molecule has 218 valence electrons. The minimum absolute atomic E-state index is 0.174. The van der Waals surface area contributed by atoms with Crippen LogP contribution in [0.1, 0.15) is 26.7 Å². The van der Waals surface area contributed by atoms with Gasteiger partial charge < -0.3 is 28.4 Å². The topological polar surface area (TPSA) is 67.4 Å². The number of methoxy groups -OCH3 is 2. The van der Waals surface area contributed by atoms with Gasteiger partial charge in [-0.15, -0.1) is 0 Å². The van der Waals surface area contributed by atoms with Gasteiger partial charge in [-0.2, -0.15) is 0 Å². The number of anilines is 2. The lowest BCUT2D eigenvalue weighted by Crippen LogP contribution is -2.25. The number of benzene rings is 3. The van der Waals surface area contributed by atoms with Crippen LogP contribution in [0.3, 0.4) is 0 Å². The first-order chi connectivity index (χ1) is 19.7. The summed E-state index contributed by atoms with van der Waals surface area (Å²) in [6, 6.07) is 16.6. The van der Waals surface area contributed by atoms with Crippen LogP contribution in [0, 0.1) is 0 Å². The fraction of sp³-hybridized carbons (Fsp3) is 0.394. The van der Waals surface area contributed by atoms with Crippen molar-refractivity contribution in [2.24, 2.45) is 0 Å². The molecule has 1 heterocycles. The molecule has 1 aliphatic heterocycles. The molecule has 0 N–H and O–H groups in total. The Morgan fingerprint density at radius 3 is 2.32 bits per heavy atom. The van der Waals surface area contributed by atoms with Crippen molar-refractivity contribution in [1.29, 1.82) is 0 Å². The summed E-state index contributed by atoms with van der Waals surface area (Å²) in [5, 5.41) is 2.03. The molecule has 0 radical (unpaired) electrons. The van der Waals surface area contributed by atoms with Gasteiger partial charge >= 0.3 is 5.97 Å². The predicted octanol–water partition coefficient (Wildman–Crippen LogP) is 5.49. The number of hydrogen-bond acceptors (Lipinski definition) is 7. The molecule has 8 nitrogen and oxygen atoms in total. The number of ether oxygens (including phenoxy) is 3. The predicted molar refractivity (Wildman–Crippen MR) is 167 cm³/mol. The Balaban J connectivity index is 1.92. The van der Waals surface area contributed by atoms with Crippen molar-refractivity contribution < 1.29 is 23.4 Å². The molecule has 0 bridgehead atoms. The summed E-state index contributed by atoms with van der Waals surface area (Å²) >= 11 is 0. The zero-order valence-corrected chi connectivity index (χ0v) is 25.5. The normalized spacial score (nSPS) is 11.0. The van der Waals surface area contributed by atoms with Crippen molar-refractivity contribution >= 4 is 28.3 Å². The fourth-order valence-electron chi connectivity index (χ4n) is 5.13. The highest BCUT2D eigenvalue weighted by Crippen LogP contribution is 2.47. The number of nitrogens with zero attached hydrogens (tertiary/aromatic N) is 3. The molecule has 0 saturated carbocycles. The van der Waals surface area contributed by atoms with Gasteiger partial charge in [-0.1, -0.05) is 0 Å². The Morgan fingerprint density at radius 2 is 1.68 bits per heavy atom. The number of hydrogen-bond donors (Lipinski definition) is 0. The van der Waals surface area contributed by atoms with Gasteiger partial charge in [0.15, 0.2) is 0 Å². The molecule has 2 aromatic rings. The summed E-state index contributed by atoms with van der Waals surface area (Å²) in [7, 11) is 11.5. The van der Waals surface area contributed by atoms with Gasteiger partial charge in [0.2, 0.25) is 5.36 Å². The Labute approximate surface area is 242 Å². The van der Waals surface area contributed by atoms with E-state index in [-0.39, 0.29) is 5.97 Å². The Hall–Kier alpha value is -4.20. The number of esters is 1. The van der Waals surface area contributed by atoms with Crippen LogP contribution in [-0.2, 0) is 9.53 Å². The smallest absolute Gasteiger partial charge is 0.305 e. The van der Waals surface area contributed by atoms with Gasteiger partial charge in [-0.25, -0.2) is 4.58 Å². The summed E-state index contributed by atoms with van der Waals surface area (Å²) in [4.78, 5) is 16.2. The van der Waals surface area contributed by atoms with E-state index >= 15 is 0 Å². The fourth-order valence-corrected chi connectivity index (χ4v) is 5.13. The minimum Gasteiger partial charge on any atom is -0.496 e. The Morgan fingerprint density at radius 1 is 0.927 bits per heavy atom. The number of rotatable bonds is 11. The van der Waals surface area contributed by atoms with E-state index in [1.807, 2.05) is 41.2 Å². The van der Waals surface area contributed by atoms with Crippen LogP contribution >= 0.6 is 0 Å². The van der Waals surface area contributed by atoms with Crippen LogP contribution in [0.2, 0.25) is 0 Å². The van der Waals surface area contributed by atoms with Crippen molar-refractivity contribution in [1.82, 2.24) is 4.58 Å². The third-order valence-corrected chi connectivity index (χ3v) is 7.33. The zero-order valence-electron chi connectivity index (χ0n) is 25.5. The highest BCUT2D eigenvalue weighted by Gasteiger charge is 2.24. The lowest BCUT2D eigenvalue weighted by Gasteiger charge is -2.27. The molecule has 0 amide bonds. The molecule has 0 fully saturated rings. The molecule has 2 aliphatic rings. The quantitative estimate of drug-likeness (QED) is 0.137. The molecule has 0 spiro atoms. The molecule has 0 atom stereocenters. The highest BCUT2D eigenvalue weighted by atomic mass is 16.5. The van der Waals surface area contributed by atoms with Gasteiger partial charge in [-0.05, 0) is 44.5 Å². The van der Waals surface area contributed by atoms with Crippen molar-refractivity contribution in [3.63, 3.8) is 0 Å². The maximum atomic E-state index is 11.9. The Bertz CT molecular complexity index is 1570. The van der Waals surface area contributed by atoms with E-state index in [4.69, 9.17) is 18.6 Å². The standard InChI is InChI=1S/C33H42N3O5/c1-9-36(17-11-12-32(37)40-10-2)27-21-28(38-7)26(20-31(27)39-8)33-24-15-13-22(34(3)4)18-29(24)41-30-19-23(35(5)6)14-16-25(30)33/h13-16,18-21H,9-12,17H2,1-8H3/q+1. The van der Waals surface area contributed by atoms with E-state index in [1.54, 1.807) is 14.2 Å². The van der Waals surface area contributed by atoms with Gasteiger partial charge in [0, 0.05) is 79.6 Å². The third kappa shape index (κ3) is 6.26. The SMILES string of the molecule is CCOC(=O)CCCN(CC)c1cc(OC)c(-c2c3ccc(=[N+](C)C)cc-3oc3cc(N(C)C)ccc23)cc1OC. The summed E-state index contributed by atoms with van der Waals surface area (Å²) in [5.41, 5.74) is 5.67.